The van der Waals surface area contributed by atoms with Gasteiger partial charge in [-0.3, -0.25) is 4.79 Å². The number of aliphatic carboxylic acids is 1. The lowest BCUT2D eigenvalue weighted by atomic mass is 9.72. The Hall–Kier alpha value is -2.93. The number of aryl methyl sites for hydroxylation is 1. The molecule has 37 heavy (non-hydrogen) atoms. The minimum Gasteiger partial charge on any atom is -0.488 e. The maximum absolute atomic E-state index is 11.6. The molecule has 2 saturated carbocycles. The summed E-state index contributed by atoms with van der Waals surface area (Å²) < 4.78 is 12.1. The molecule has 2 aliphatic carbocycles. The summed E-state index contributed by atoms with van der Waals surface area (Å²) in [6.07, 6.45) is 3.19. The van der Waals surface area contributed by atoms with Gasteiger partial charge in [-0.2, -0.15) is 0 Å². The molecule has 3 N–H and O–H groups in total. The molecule has 0 saturated heterocycles. The van der Waals surface area contributed by atoms with Crippen molar-refractivity contribution in [1.29, 1.82) is 0 Å². The standard InChI is InChI=1S/C31H35NO5/c1-18-8-11-24(25-26-27(30(34)35)29(26)37-28(18)25)19(2)36-17-23(33)16-32-31(12-5-13-31)15-20-9-10-21-6-3-4-7-22(21)14-20/h3-4,6-11,14,19,23,26-27,29,32-33H,5,12-13,15-17H2,1-2H3,(H,34,35)/t19-,23?,26-,27-,29-/m1/s1. The molecular weight excluding hydrogens is 466 g/mol. The summed E-state index contributed by atoms with van der Waals surface area (Å²) in [5, 5.41) is 26.4. The average molecular weight is 502 g/mol. The van der Waals surface area contributed by atoms with Crippen LogP contribution < -0.4 is 10.1 Å². The number of fused-ring (bicyclic) bond motifs is 4. The van der Waals surface area contributed by atoms with Crippen LogP contribution in [0.5, 0.6) is 5.75 Å². The van der Waals surface area contributed by atoms with Crippen LogP contribution in [0.1, 0.15) is 60.5 Å². The van der Waals surface area contributed by atoms with Gasteiger partial charge in [0.05, 0.1) is 18.8 Å². The lowest BCUT2D eigenvalue weighted by molar-refractivity contribution is -0.139. The zero-order chi connectivity index (χ0) is 25.7. The number of hydrogen-bond donors (Lipinski definition) is 3. The molecule has 194 valence electrons. The Labute approximate surface area is 217 Å². The van der Waals surface area contributed by atoms with Gasteiger partial charge in [0.25, 0.3) is 0 Å². The molecule has 6 rings (SSSR count). The Balaban J connectivity index is 1.06. The van der Waals surface area contributed by atoms with E-state index in [1.54, 1.807) is 0 Å². The zero-order valence-corrected chi connectivity index (χ0v) is 21.4. The summed E-state index contributed by atoms with van der Waals surface area (Å²) in [4.78, 5) is 11.6. The Morgan fingerprint density at radius 1 is 1.16 bits per heavy atom. The van der Waals surface area contributed by atoms with Gasteiger partial charge in [-0.05, 0) is 67.0 Å². The number of rotatable bonds is 10. The molecule has 1 unspecified atom stereocenters. The lowest BCUT2D eigenvalue weighted by Crippen LogP contribution is -2.55. The monoisotopic (exact) mass is 501 g/mol. The predicted molar refractivity (Wildman–Crippen MR) is 142 cm³/mol. The third kappa shape index (κ3) is 4.52. The van der Waals surface area contributed by atoms with Crippen LogP contribution in [0, 0.1) is 12.8 Å². The quantitative estimate of drug-likeness (QED) is 0.366. The van der Waals surface area contributed by atoms with Crippen molar-refractivity contribution in [1.82, 2.24) is 5.32 Å². The van der Waals surface area contributed by atoms with Crippen LogP contribution in [-0.4, -0.2) is 47.1 Å². The van der Waals surface area contributed by atoms with Crippen molar-refractivity contribution in [2.45, 2.75) is 69.3 Å². The number of carbonyl (C=O) groups is 1. The van der Waals surface area contributed by atoms with Crippen molar-refractivity contribution in [3.8, 4) is 5.75 Å². The topological polar surface area (TPSA) is 88.0 Å². The number of carboxylic acid groups (broad SMARTS) is 1. The van der Waals surface area contributed by atoms with Gasteiger partial charge in [-0.15, -0.1) is 0 Å². The average Bonchev–Trinajstić information content (AvgIpc) is 3.46. The number of hydrogen-bond acceptors (Lipinski definition) is 5. The summed E-state index contributed by atoms with van der Waals surface area (Å²) in [5.41, 5.74) is 4.30. The van der Waals surface area contributed by atoms with Gasteiger partial charge < -0.3 is 25.0 Å². The summed E-state index contributed by atoms with van der Waals surface area (Å²) in [5.74, 6) is -0.579. The van der Waals surface area contributed by atoms with Crippen molar-refractivity contribution in [3.63, 3.8) is 0 Å². The number of aliphatic hydroxyl groups is 1. The molecule has 6 heteroatoms. The number of benzene rings is 3. The van der Waals surface area contributed by atoms with E-state index in [2.05, 4.69) is 47.8 Å². The van der Waals surface area contributed by atoms with Crippen LogP contribution in [0.2, 0.25) is 0 Å². The van der Waals surface area contributed by atoms with Gasteiger partial charge >= 0.3 is 5.97 Å². The minimum atomic E-state index is -0.809. The smallest absolute Gasteiger partial charge is 0.311 e. The molecule has 0 spiro atoms. The molecule has 0 bridgehead atoms. The highest BCUT2D eigenvalue weighted by molar-refractivity contribution is 5.83. The second kappa shape index (κ2) is 9.43. The number of ether oxygens (including phenoxy) is 2. The van der Waals surface area contributed by atoms with Gasteiger partial charge in [0.15, 0.2) is 0 Å². The summed E-state index contributed by atoms with van der Waals surface area (Å²) >= 11 is 0. The van der Waals surface area contributed by atoms with E-state index in [0.717, 1.165) is 41.7 Å². The van der Waals surface area contributed by atoms with Crippen molar-refractivity contribution in [2.24, 2.45) is 5.92 Å². The van der Waals surface area contributed by atoms with E-state index in [1.165, 1.54) is 22.8 Å². The van der Waals surface area contributed by atoms with Gasteiger partial charge in [-0.25, -0.2) is 0 Å². The highest BCUT2D eigenvalue weighted by Gasteiger charge is 2.64. The number of carboxylic acids is 1. The summed E-state index contributed by atoms with van der Waals surface area (Å²) in [6, 6.07) is 19.1. The van der Waals surface area contributed by atoms with Crippen LogP contribution in [0.25, 0.3) is 10.8 Å². The second-order valence-electron chi connectivity index (χ2n) is 11.2. The van der Waals surface area contributed by atoms with E-state index in [1.807, 2.05) is 26.0 Å². The van der Waals surface area contributed by atoms with Crippen LogP contribution in [0.4, 0.5) is 0 Å². The maximum atomic E-state index is 11.6. The van der Waals surface area contributed by atoms with Crippen LogP contribution in [0.15, 0.2) is 54.6 Å². The molecule has 2 fully saturated rings. The van der Waals surface area contributed by atoms with Crippen molar-refractivity contribution in [3.05, 3.63) is 76.9 Å². The van der Waals surface area contributed by atoms with Crippen LogP contribution in [-0.2, 0) is 16.0 Å². The number of nitrogens with one attached hydrogen (secondary N) is 1. The molecule has 5 atom stereocenters. The SMILES string of the molecule is Cc1ccc([C@@H](C)OCC(O)CNC2(Cc3ccc4ccccc4c3)CCC2)c2c1O[C@H]1[C@H](C(=O)O)[C@@H]21. The largest absolute Gasteiger partial charge is 0.488 e. The van der Waals surface area contributed by atoms with Gasteiger partial charge in [0, 0.05) is 23.6 Å². The van der Waals surface area contributed by atoms with E-state index in [9.17, 15) is 15.0 Å². The number of β-amino-alcohol motifs (C(OH)–C–C–N with tert-alkyl or cyclic N) is 1. The molecule has 0 aromatic heterocycles. The molecule has 1 aliphatic heterocycles. The third-order valence-corrected chi connectivity index (χ3v) is 8.61. The highest BCUT2D eigenvalue weighted by Crippen LogP contribution is 2.61. The van der Waals surface area contributed by atoms with E-state index < -0.39 is 18.0 Å². The fourth-order valence-electron chi connectivity index (χ4n) is 6.28. The van der Waals surface area contributed by atoms with Crippen LogP contribution >= 0.6 is 0 Å². The summed E-state index contributed by atoms with van der Waals surface area (Å²) in [7, 11) is 0. The lowest BCUT2D eigenvalue weighted by Gasteiger charge is -2.44. The number of aliphatic hydroxyl groups excluding tert-OH is 1. The van der Waals surface area contributed by atoms with Crippen molar-refractivity contribution in [2.75, 3.05) is 13.2 Å². The molecule has 3 aromatic carbocycles. The van der Waals surface area contributed by atoms with Gasteiger partial charge in [0.2, 0.25) is 0 Å². The van der Waals surface area contributed by atoms with E-state index >= 15 is 0 Å². The van der Waals surface area contributed by atoms with Crippen LogP contribution in [0.3, 0.4) is 0 Å². The Morgan fingerprint density at radius 2 is 1.95 bits per heavy atom. The first kappa shape index (κ1) is 24.4. The Kier molecular flexibility index (Phi) is 6.22. The fourth-order valence-corrected chi connectivity index (χ4v) is 6.28. The third-order valence-electron chi connectivity index (χ3n) is 8.61. The van der Waals surface area contributed by atoms with E-state index in [4.69, 9.17) is 9.47 Å². The first-order valence-electron chi connectivity index (χ1n) is 13.4. The molecule has 6 nitrogen and oxygen atoms in total. The first-order valence-corrected chi connectivity index (χ1v) is 13.4. The summed E-state index contributed by atoms with van der Waals surface area (Å²) in [6.45, 7) is 4.63. The molecular formula is C31H35NO5. The fraction of sp³-hybridized carbons (Fsp3) is 0.452. The molecule has 1 heterocycles. The minimum absolute atomic E-state index is 0.0248. The normalized spacial score (nSPS) is 24.5. The first-order chi connectivity index (χ1) is 17.8. The molecule has 0 radical (unpaired) electrons. The molecule has 3 aliphatic rings. The Morgan fingerprint density at radius 3 is 2.68 bits per heavy atom. The van der Waals surface area contributed by atoms with E-state index in [-0.39, 0.29) is 30.3 Å². The maximum Gasteiger partial charge on any atom is 0.311 e. The molecule has 3 aromatic rings. The molecule has 0 amide bonds. The predicted octanol–water partition coefficient (Wildman–Crippen LogP) is 4.90. The second-order valence-corrected chi connectivity index (χ2v) is 11.2. The highest BCUT2D eigenvalue weighted by atomic mass is 16.5. The van der Waals surface area contributed by atoms with E-state index in [0.29, 0.717) is 6.54 Å². The Bertz CT molecular complexity index is 1330. The van der Waals surface area contributed by atoms with Crippen molar-refractivity contribution >= 4 is 16.7 Å². The van der Waals surface area contributed by atoms with Gasteiger partial charge in [-0.1, -0.05) is 54.6 Å². The van der Waals surface area contributed by atoms with Crippen molar-refractivity contribution < 1.29 is 24.5 Å². The van der Waals surface area contributed by atoms with Gasteiger partial charge in [0.1, 0.15) is 17.8 Å². The zero-order valence-electron chi connectivity index (χ0n) is 21.4.